The van der Waals surface area contributed by atoms with Gasteiger partial charge < -0.3 is 15.4 Å². The lowest BCUT2D eigenvalue weighted by atomic mass is 9.85. The molecule has 0 atom stereocenters. The standard InChI is InChI=1S/C15H20N2O2/c1-14(2,15(3,4)19)17-13(18)11-6-5-7-12-10(11)8-9-16-12/h5-9,16,19H,1-4H3,(H,17,18). The first-order valence-corrected chi connectivity index (χ1v) is 6.33. The summed E-state index contributed by atoms with van der Waals surface area (Å²) >= 11 is 0. The quantitative estimate of drug-likeness (QED) is 0.793. The Morgan fingerprint density at radius 3 is 2.53 bits per heavy atom. The zero-order valence-electron chi connectivity index (χ0n) is 11.7. The van der Waals surface area contributed by atoms with Crippen LogP contribution < -0.4 is 5.32 Å². The highest BCUT2D eigenvalue weighted by atomic mass is 16.3. The van der Waals surface area contributed by atoms with Crippen molar-refractivity contribution in [2.75, 3.05) is 0 Å². The van der Waals surface area contributed by atoms with Gasteiger partial charge in [-0.05, 0) is 45.9 Å². The van der Waals surface area contributed by atoms with E-state index in [0.717, 1.165) is 10.9 Å². The molecule has 0 aliphatic carbocycles. The highest BCUT2D eigenvalue weighted by Gasteiger charge is 2.36. The molecule has 0 saturated heterocycles. The zero-order valence-corrected chi connectivity index (χ0v) is 11.7. The van der Waals surface area contributed by atoms with E-state index >= 15 is 0 Å². The summed E-state index contributed by atoms with van der Waals surface area (Å²) < 4.78 is 0. The minimum Gasteiger partial charge on any atom is -0.388 e. The fourth-order valence-corrected chi connectivity index (χ4v) is 1.79. The molecule has 19 heavy (non-hydrogen) atoms. The number of aromatic nitrogens is 1. The molecule has 0 aliphatic heterocycles. The number of aliphatic hydroxyl groups is 1. The first kappa shape index (κ1) is 13.6. The van der Waals surface area contributed by atoms with Crippen molar-refractivity contribution in [3.8, 4) is 0 Å². The number of nitrogens with one attached hydrogen (secondary N) is 2. The fraction of sp³-hybridized carbons (Fsp3) is 0.400. The van der Waals surface area contributed by atoms with Crippen LogP contribution in [0.3, 0.4) is 0 Å². The Balaban J connectivity index is 2.33. The number of fused-ring (bicyclic) bond motifs is 1. The molecule has 0 fully saturated rings. The normalized spacial score (nSPS) is 12.7. The van der Waals surface area contributed by atoms with Gasteiger partial charge in [0.2, 0.25) is 0 Å². The van der Waals surface area contributed by atoms with Crippen LogP contribution in [0.1, 0.15) is 38.1 Å². The fourth-order valence-electron chi connectivity index (χ4n) is 1.79. The van der Waals surface area contributed by atoms with Crippen LogP contribution in [0.5, 0.6) is 0 Å². The summed E-state index contributed by atoms with van der Waals surface area (Å²) in [5.74, 6) is -0.183. The Morgan fingerprint density at radius 1 is 1.21 bits per heavy atom. The SMILES string of the molecule is CC(C)(O)C(C)(C)NC(=O)c1cccc2[nH]ccc12. The third kappa shape index (κ3) is 2.49. The highest BCUT2D eigenvalue weighted by molar-refractivity contribution is 6.06. The molecule has 2 aromatic rings. The van der Waals surface area contributed by atoms with E-state index in [1.165, 1.54) is 0 Å². The molecule has 3 N–H and O–H groups in total. The van der Waals surface area contributed by atoms with Crippen LogP contribution in [-0.4, -0.2) is 27.1 Å². The van der Waals surface area contributed by atoms with Crippen molar-refractivity contribution in [3.05, 3.63) is 36.0 Å². The number of rotatable bonds is 3. The van der Waals surface area contributed by atoms with Crippen molar-refractivity contribution in [2.24, 2.45) is 0 Å². The molecule has 4 heteroatoms. The summed E-state index contributed by atoms with van der Waals surface area (Å²) in [6, 6.07) is 7.42. The summed E-state index contributed by atoms with van der Waals surface area (Å²) in [6.45, 7) is 6.98. The third-order valence-corrected chi connectivity index (χ3v) is 3.80. The lowest BCUT2D eigenvalue weighted by Crippen LogP contribution is -2.57. The smallest absolute Gasteiger partial charge is 0.252 e. The molecule has 0 spiro atoms. The molecule has 1 aromatic carbocycles. The Hall–Kier alpha value is -1.81. The summed E-state index contributed by atoms with van der Waals surface area (Å²) in [6.07, 6.45) is 1.81. The van der Waals surface area contributed by atoms with Gasteiger partial charge in [-0.2, -0.15) is 0 Å². The van der Waals surface area contributed by atoms with Crippen LogP contribution in [0, 0.1) is 0 Å². The second-order valence-corrected chi connectivity index (χ2v) is 5.88. The molecule has 0 bridgehead atoms. The summed E-state index contributed by atoms with van der Waals surface area (Å²) in [4.78, 5) is 15.5. The van der Waals surface area contributed by atoms with E-state index in [1.807, 2.05) is 38.2 Å². The molecular formula is C15H20N2O2. The highest BCUT2D eigenvalue weighted by Crippen LogP contribution is 2.23. The van der Waals surface area contributed by atoms with Crippen molar-refractivity contribution in [2.45, 2.75) is 38.8 Å². The number of aromatic amines is 1. The Morgan fingerprint density at radius 2 is 1.89 bits per heavy atom. The minimum absolute atomic E-state index is 0.183. The van der Waals surface area contributed by atoms with Crippen molar-refractivity contribution in [1.82, 2.24) is 10.3 Å². The Kier molecular flexibility index (Phi) is 3.14. The molecule has 102 valence electrons. The van der Waals surface area contributed by atoms with Crippen LogP contribution in [-0.2, 0) is 0 Å². The van der Waals surface area contributed by atoms with Gasteiger partial charge in [-0.15, -0.1) is 0 Å². The lowest BCUT2D eigenvalue weighted by molar-refractivity contribution is -0.00289. The van der Waals surface area contributed by atoms with E-state index in [9.17, 15) is 9.90 Å². The van der Waals surface area contributed by atoms with Gasteiger partial charge in [-0.1, -0.05) is 6.07 Å². The van der Waals surface area contributed by atoms with Gasteiger partial charge in [0.1, 0.15) is 0 Å². The maximum Gasteiger partial charge on any atom is 0.252 e. The number of hydrogen-bond donors (Lipinski definition) is 3. The van der Waals surface area contributed by atoms with Gasteiger partial charge in [0, 0.05) is 22.7 Å². The van der Waals surface area contributed by atoms with E-state index in [0.29, 0.717) is 5.56 Å². The van der Waals surface area contributed by atoms with Gasteiger partial charge >= 0.3 is 0 Å². The largest absolute Gasteiger partial charge is 0.388 e. The number of benzene rings is 1. The molecule has 0 unspecified atom stereocenters. The van der Waals surface area contributed by atoms with Crippen LogP contribution >= 0.6 is 0 Å². The average molecular weight is 260 g/mol. The van der Waals surface area contributed by atoms with Gasteiger partial charge in [0.05, 0.1) is 11.1 Å². The van der Waals surface area contributed by atoms with Crippen molar-refractivity contribution in [1.29, 1.82) is 0 Å². The van der Waals surface area contributed by atoms with Crippen LogP contribution in [0.25, 0.3) is 10.9 Å². The monoisotopic (exact) mass is 260 g/mol. The van der Waals surface area contributed by atoms with Crippen molar-refractivity contribution >= 4 is 16.8 Å². The molecule has 0 aliphatic rings. The van der Waals surface area contributed by atoms with Gasteiger partial charge in [0.25, 0.3) is 5.91 Å². The third-order valence-electron chi connectivity index (χ3n) is 3.80. The number of hydrogen-bond acceptors (Lipinski definition) is 2. The predicted molar refractivity (Wildman–Crippen MR) is 76.1 cm³/mol. The number of amides is 1. The molecule has 0 saturated carbocycles. The van der Waals surface area contributed by atoms with Gasteiger partial charge in [-0.25, -0.2) is 0 Å². The van der Waals surface area contributed by atoms with Crippen molar-refractivity contribution < 1.29 is 9.90 Å². The molecule has 1 heterocycles. The van der Waals surface area contributed by atoms with Crippen LogP contribution in [0.4, 0.5) is 0 Å². The molecule has 4 nitrogen and oxygen atoms in total. The van der Waals surface area contributed by atoms with E-state index in [4.69, 9.17) is 0 Å². The second kappa shape index (κ2) is 4.38. The first-order valence-electron chi connectivity index (χ1n) is 6.33. The molecule has 2 rings (SSSR count). The summed E-state index contributed by atoms with van der Waals surface area (Å²) in [5.41, 5.74) is -0.193. The van der Waals surface area contributed by atoms with E-state index in [1.54, 1.807) is 19.9 Å². The molecule has 1 aromatic heterocycles. The topological polar surface area (TPSA) is 65.1 Å². The molecule has 0 radical (unpaired) electrons. The van der Waals surface area contributed by atoms with Gasteiger partial charge in [0.15, 0.2) is 0 Å². The molecular weight excluding hydrogens is 240 g/mol. The molecule has 1 amide bonds. The van der Waals surface area contributed by atoms with Crippen LogP contribution in [0.2, 0.25) is 0 Å². The van der Waals surface area contributed by atoms with E-state index in [2.05, 4.69) is 10.3 Å². The maximum atomic E-state index is 12.4. The van der Waals surface area contributed by atoms with Crippen molar-refractivity contribution in [3.63, 3.8) is 0 Å². The first-order chi connectivity index (χ1) is 8.72. The minimum atomic E-state index is -1.01. The number of carbonyl (C=O) groups excluding carboxylic acids is 1. The summed E-state index contributed by atoms with van der Waals surface area (Å²) in [7, 11) is 0. The number of carbonyl (C=O) groups is 1. The Bertz CT molecular complexity index is 606. The lowest BCUT2D eigenvalue weighted by Gasteiger charge is -2.38. The summed E-state index contributed by atoms with van der Waals surface area (Å²) in [5, 5.41) is 13.9. The van der Waals surface area contributed by atoms with Gasteiger partial charge in [-0.3, -0.25) is 4.79 Å². The number of H-pyrrole nitrogens is 1. The second-order valence-electron chi connectivity index (χ2n) is 5.88. The Labute approximate surface area is 112 Å². The average Bonchev–Trinajstić information content (AvgIpc) is 2.73. The van der Waals surface area contributed by atoms with Crippen LogP contribution in [0.15, 0.2) is 30.5 Å². The van der Waals surface area contributed by atoms with E-state index < -0.39 is 11.1 Å². The zero-order chi connectivity index (χ0) is 14.3. The maximum absolute atomic E-state index is 12.4. The van der Waals surface area contributed by atoms with E-state index in [-0.39, 0.29) is 5.91 Å². The predicted octanol–water partition coefficient (Wildman–Crippen LogP) is 2.45.